The molecule has 2 amide bonds. The van der Waals surface area contributed by atoms with Gasteiger partial charge in [-0.15, -0.1) is 11.6 Å². The number of alkyl halides is 1. The predicted molar refractivity (Wildman–Crippen MR) is 82.2 cm³/mol. The van der Waals surface area contributed by atoms with Crippen molar-refractivity contribution in [3.8, 4) is 5.75 Å². The molecule has 6 nitrogen and oxygen atoms in total. The summed E-state index contributed by atoms with van der Waals surface area (Å²) in [5.41, 5.74) is 0.301. The van der Waals surface area contributed by atoms with Gasteiger partial charge < -0.3 is 20.1 Å². The van der Waals surface area contributed by atoms with Crippen molar-refractivity contribution in [1.82, 2.24) is 10.2 Å². The van der Waals surface area contributed by atoms with Gasteiger partial charge in [-0.25, -0.2) is 4.79 Å². The quantitative estimate of drug-likeness (QED) is 0.829. The number of halogens is 1. The van der Waals surface area contributed by atoms with Gasteiger partial charge in [-0.05, 0) is 25.0 Å². The number of piperidine rings is 1. The summed E-state index contributed by atoms with van der Waals surface area (Å²) >= 11 is 5.44. The molecule has 1 aliphatic heterocycles. The molecule has 0 bridgehead atoms. The van der Waals surface area contributed by atoms with Crippen LogP contribution in [0, 0.1) is 0 Å². The number of phenols is 1. The van der Waals surface area contributed by atoms with Crippen LogP contribution >= 0.6 is 11.6 Å². The fourth-order valence-corrected chi connectivity index (χ4v) is 2.47. The maximum atomic E-state index is 12.3. The van der Waals surface area contributed by atoms with Gasteiger partial charge in [-0.1, -0.05) is 12.1 Å². The van der Waals surface area contributed by atoms with Crippen molar-refractivity contribution >= 4 is 23.6 Å². The van der Waals surface area contributed by atoms with Gasteiger partial charge in [0, 0.05) is 19.1 Å². The Hall–Kier alpha value is -1.95. The maximum Gasteiger partial charge on any atom is 0.407 e. The van der Waals surface area contributed by atoms with Gasteiger partial charge >= 0.3 is 6.09 Å². The minimum Gasteiger partial charge on any atom is -0.507 e. The van der Waals surface area contributed by atoms with Crippen molar-refractivity contribution in [2.24, 2.45) is 0 Å². The van der Waals surface area contributed by atoms with Gasteiger partial charge in [-0.3, -0.25) is 4.79 Å². The number of nitrogens with one attached hydrogen (secondary N) is 1. The van der Waals surface area contributed by atoms with Crippen LogP contribution in [0.3, 0.4) is 0 Å². The van der Waals surface area contributed by atoms with Gasteiger partial charge in [0.05, 0.1) is 11.4 Å². The number of ether oxygens (including phenoxy) is 1. The lowest BCUT2D eigenvalue weighted by Crippen LogP contribution is -2.46. The number of hydrogen-bond donors (Lipinski definition) is 2. The standard InChI is InChI=1S/C15H19ClN2O4/c16-7-10-22-15(21)17-11-5-8-18(9-6-11)14(20)12-3-1-2-4-13(12)19/h1-4,11,19H,5-10H2,(H,17,21). The summed E-state index contributed by atoms with van der Waals surface area (Å²) in [5, 5.41) is 12.5. The summed E-state index contributed by atoms with van der Waals surface area (Å²) in [4.78, 5) is 25.5. The molecule has 0 atom stereocenters. The third-order valence-electron chi connectivity index (χ3n) is 3.55. The molecule has 1 aromatic carbocycles. The zero-order chi connectivity index (χ0) is 15.9. The monoisotopic (exact) mass is 326 g/mol. The van der Waals surface area contributed by atoms with E-state index in [4.69, 9.17) is 16.3 Å². The second-order valence-electron chi connectivity index (χ2n) is 5.05. The minimum absolute atomic E-state index is 0.0163. The number of likely N-dealkylation sites (tertiary alicyclic amines) is 1. The summed E-state index contributed by atoms with van der Waals surface area (Å²) in [5.74, 6) is 0.0552. The van der Waals surface area contributed by atoms with Crippen LogP contribution < -0.4 is 5.32 Å². The third-order valence-corrected chi connectivity index (χ3v) is 3.70. The number of nitrogens with zero attached hydrogens (tertiary/aromatic N) is 1. The Bertz CT molecular complexity index is 530. The second-order valence-corrected chi connectivity index (χ2v) is 5.43. The van der Waals surface area contributed by atoms with Crippen molar-refractivity contribution in [2.45, 2.75) is 18.9 Å². The molecular formula is C15H19ClN2O4. The molecule has 2 rings (SSSR count). The fourth-order valence-electron chi connectivity index (χ4n) is 2.39. The minimum atomic E-state index is -0.480. The van der Waals surface area contributed by atoms with Gasteiger partial charge in [-0.2, -0.15) is 0 Å². The highest BCUT2D eigenvalue weighted by molar-refractivity contribution is 6.18. The molecule has 0 unspecified atom stereocenters. The second kappa shape index (κ2) is 7.89. The van der Waals surface area contributed by atoms with Crippen molar-refractivity contribution < 1.29 is 19.4 Å². The summed E-state index contributed by atoms with van der Waals surface area (Å²) in [6.07, 6.45) is 0.816. The van der Waals surface area contributed by atoms with E-state index < -0.39 is 6.09 Å². The molecule has 2 N–H and O–H groups in total. The first-order chi connectivity index (χ1) is 10.6. The van der Waals surface area contributed by atoms with Crippen molar-refractivity contribution in [3.05, 3.63) is 29.8 Å². The molecular weight excluding hydrogens is 308 g/mol. The number of alkyl carbamates (subject to hydrolysis) is 1. The Morgan fingerprint density at radius 2 is 2.00 bits per heavy atom. The van der Waals surface area contributed by atoms with Gasteiger partial charge in [0.15, 0.2) is 0 Å². The molecule has 120 valence electrons. The molecule has 7 heteroatoms. The number of hydrogen-bond acceptors (Lipinski definition) is 4. The number of amides is 2. The van der Waals surface area contributed by atoms with Crippen molar-refractivity contribution in [2.75, 3.05) is 25.6 Å². The Morgan fingerprint density at radius 3 is 2.64 bits per heavy atom. The van der Waals surface area contributed by atoms with Crippen LogP contribution in [-0.4, -0.2) is 53.6 Å². The molecule has 22 heavy (non-hydrogen) atoms. The summed E-state index contributed by atoms with van der Waals surface area (Å²) in [6, 6.07) is 6.47. The van der Waals surface area contributed by atoms with Crippen LogP contribution in [0.4, 0.5) is 4.79 Å². The predicted octanol–water partition coefficient (Wildman–Crippen LogP) is 1.96. The highest BCUT2D eigenvalue weighted by atomic mass is 35.5. The van der Waals surface area contributed by atoms with Crippen LogP contribution in [-0.2, 0) is 4.74 Å². The first kappa shape index (κ1) is 16.4. The van der Waals surface area contributed by atoms with Crippen LogP contribution in [0.25, 0.3) is 0 Å². The van der Waals surface area contributed by atoms with Crippen LogP contribution in [0.15, 0.2) is 24.3 Å². The number of phenolic OH excluding ortho intramolecular Hbond substituents is 1. The van der Waals surface area contributed by atoms with E-state index in [9.17, 15) is 14.7 Å². The topological polar surface area (TPSA) is 78.9 Å². The van der Waals surface area contributed by atoms with E-state index in [1.54, 1.807) is 23.1 Å². The van der Waals surface area contributed by atoms with Crippen LogP contribution in [0.2, 0.25) is 0 Å². The van der Waals surface area contributed by atoms with Crippen molar-refractivity contribution in [3.63, 3.8) is 0 Å². The summed E-state index contributed by atoms with van der Waals surface area (Å²) in [6.45, 7) is 1.22. The lowest BCUT2D eigenvalue weighted by Gasteiger charge is -2.32. The molecule has 1 saturated heterocycles. The molecule has 0 spiro atoms. The molecule has 1 fully saturated rings. The molecule has 0 radical (unpaired) electrons. The largest absolute Gasteiger partial charge is 0.507 e. The highest BCUT2D eigenvalue weighted by Gasteiger charge is 2.26. The zero-order valence-electron chi connectivity index (χ0n) is 12.1. The number of carbonyl (C=O) groups is 2. The smallest absolute Gasteiger partial charge is 0.407 e. The Kier molecular flexibility index (Phi) is 5.89. The van der Waals surface area contributed by atoms with E-state index >= 15 is 0 Å². The van der Waals surface area contributed by atoms with Gasteiger partial charge in [0.2, 0.25) is 0 Å². The van der Waals surface area contributed by atoms with E-state index in [0.29, 0.717) is 31.5 Å². The lowest BCUT2D eigenvalue weighted by molar-refractivity contribution is 0.0699. The molecule has 0 aromatic heterocycles. The van der Waals surface area contributed by atoms with Crippen molar-refractivity contribution in [1.29, 1.82) is 0 Å². The third kappa shape index (κ3) is 4.27. The SMILES string of the molecule is O=C(NC1CCN(C(=O)c2ccccc2O)CC1)OCCCl. The fraction of sp³-hybridized carbons (Fsp3) is 0.467. The normalized spacial score (nSPS) is 15.4. The average molecular weight is 327 g/mol. The molecule has 0 saturated carbocycles. The number of aromatic hydroxyl groups is 1. The Morgan fingerprint density at radius 1 is 1.32 bits per heavy atom. The Balaban J connectivity index is 1.83. The maximum absolute atomic E-state index is 12.3. The molecule has 0 aliphatic carbocycles. The molecule has 1 aliphatic rings. The van der Waals surface area contributed by atoms with E-state index in [0.717, 1.165) is 0 Å². The molecule has 1 aromatic rings. The van der Waals surface area contributed by atoms with Gasteiger partial charge in [0.25, 0.3) is 5.91 Å². The highest BCUT2D eigenvalue weighted by Crippen LogP contribution is 2.20. The summed E-state index contributed by atoms with van der Waals surface area (Å²) < 4.78 is 4.86. The van der Waals surface area contributed by atoms with E-state index in [-0.39, 0.29) is 30.2 Å². The van der Waals surface area contributed by atoms with E-state index in [1.807, 2.05) is 0 Å². The average Bonchev–Trinajstić information content (AvgIpc) is 2.53. The van der Waals surface area contributed by atoms with Crippen LogP contribution in [0.1, 0.15) is 23.2 Å². The number of carbonyl (C=O) groups excluding carboxylic acids is 2. The summed E-state index contributed by atoms with van der Waals surface area (Å²) in [7, 11) is 0. The molecule has 1 heterocycles. The van der Waals surface area contributed by atoms with Crippen LogP contribution in [0.5, 0.6) is 5.75 Å². The van der Waals surface area contributed by atoms with E-state index in [2.05, 4.69) is 5.32 Å². The first-order valence-electron chi connectivity index (χ1n) is 7.18. The first-order valence-corrected chi connectivity index (χ1v) is 7.72. The van der Waals surface area contributed by atoms with Gasteiger partial charge in [0.1, 0.15) is 12.4 Å². The lowest BCUT2D eigenvalue weighted by atomic mass is 10.0. The number of benzene rings is 1. The number of rotatable bonds is 4. The number of para-hydroxylation sites is 1. The van der Waals surface area contributed by atoms with E-state index in [1.165, 1.54) is 6.07 Å². The zero-order valence-corrected chi connectivity index (χ0v) is 12.9. The Labute approximate surface area is 134 Å².